The van der Waals surface area contributed by atoms with Gasteiger partial charge in [0.1, 0.15) is 11.5 Å². The van der Waals surface area contributed by atoms with Gasteiger partial charge >= 0.3 is 17.3 Å². The van der Waals surface area contributed by atoms with Gasteiger partial charge in [0.05, 0.1) is 10.6 Å². The van der Waals surface area contributed by atoms with E-state index in [2.05, 4.69) is 0 Å². The summed E-state index contributed by atoms with van der Waals surface area (Å²) in [6.45, 7) is 0. The summed E-state index contributed by atoms with van der Waals surface area (Å²) in [6.07, 6.45) is 0. The van der Waals surface area contributed by atoms with E-state index in [1.54, 1.807) is 0 Å². The minimum absolute atomic E-state index is 0.0721. The molecule has 0 unspecified atom stereocenters. The van der Waals surface area contributed by atoms with Gasteiger partial charge in [-0.1, -0.05) is 11.6 Å². The summed E-state index contributed by atoms with van der Waals surface area (Å²) in [7, 11) is 2.60. The molecule has 10 heteroatoms. The van der Waals surface area contributed by atoms with Crippen molar-refractivity contribution in [3.63, 3.8) is 0 Å². The molecule has 1 aromatic carbocycles. The molecule has 0 aliphatic carbocycles. The second-order valence-electron chi connectivity index (χ2n) is 4.36. The van der Waals surface area contributed by atoms with Crippen molar-refractivity contribution in [2.24, 2.45) is 14.1 Å². The van der Waals surface area contributed by atoms with Crippen LogP contribution in [0.3, 0.4) is 0 Å². The maximum Gasteiger partial charge on any atom is 0.338 e. The minimum Gasteiger partial charge on any atom is -0.478 e. The van der Waals surface area contributed by atoms with Gasteiger partial charge in [0.25, 0.3) is 0 Å². The van der Waals surface area contributed by atoms with Crippen LogP contribution < -0.4 is 11.4 Å². The fraction of sp³-hybridized carbons (Fsp3) is 0.167. The predicted molar refractivity (Wildman–Crippen MR) is 79.0 cm³/mol. The minimum atomic E-state index is -1.42. The van der Waals surface area contributed by atoms with E-state index < -0.39 is 39.4 Å². The van der Waals surface area contributed by atoms with E-state index in [-0.39, 0.29) is 4.77 Å². The Hall–Kier alpha value is -2.26. The molecule has 0 spiro atoms. The number of nitrogens with zero attached hydrogens (tertiary/aromatic N) is 3. The molecule has 0 radical (unpaired) electrons. The normalized spacial score (nSPS) is 10.7. The van der Waals surface area contributed by atoms with Gasteiger partial charge in [0.15, 0.2) is 4.77 Å². The molecule has 1 aromatic heterocycles. The molecule has 0 aliphatic heterocycles. The van der Waals surface area contributed by atoms with Crippen LogP contribution in [0.1, 0.15) is 10.4 Å². The number of benzene rings is 1. The predicted octanol–water partition coefficient (Wildman–Crippen LogP) is 1.09. The van der Waals surface area contributed by atoms with Crippen molar-refractivity contribution < 1.29 is 14.3 Å². The zero-order chi connectivity index (χ0) is 16.8. The second kappa shape index (κ2) is 5.50. The van der Waals surface area contributed by atoms with E-state index in [0.29, 0.717) is 4.57 Å². The summed E-state index contributed by atoms with van der Waals surface area (Å²) in [4.78, 5) is 35.5. The smallest absolute Gasteiger partial charge is 0.338 e. The number of carbonyl (C=O) groups is 1. The first-order valence-corrected chi connectivity index (χ1v) is 6.57. The maximum atomic E-state index is 14.1. The lowest BCUT2D eigenvalue weighted by Crippen LogP contribution is -2.44. The van der Waals surface area contributed by atoms with Gasteiger partial charge in [-0.25, -0.2) is 23.3 Å². The van der Waals surface area contributed by atoms with E-state index in [9.17, 15) is 18.8 Å². The highest BCUT2D eigenvalue weighted by atomic mass is 35.5. The lowest BCUT2D eigenvalue weighted by molar-refractivity contribution is 0.0697. The topological polar surface area (TPSA) is 86.2 Å². The SMILES string of the molecule is Cn1c(=S)n(C)c(=O)n(-c2c(F)ccc(C(=O)O)c2Cl)c1=O. The third-order valence-electron chi connectivity index (χ3n) is 3.05. The molecule has 2 aromatic rings. The fourth-order valence-corrected chi connectivity index (χ4v) is 2.35. The maximum absolute atomic E-state index is 14.1. The third kappa shape index (κ3) is 2.28. The van der Waals surface area contributed by atoms with Gasteiger partial charge < -0.3 is 5.11 Å². The van der Waals surface area contributed by atoms with Crippen LogP contribution in [0.15, 0.2) is 21.7 Å². The molecule has 0 atom stereocenters. The molecule has 0 amide bonds. The Morgan fingerprint density at radius 3 is 2.18 bits per heavy atom. The molecule has 116 valence electrons. The van der Waals surface area contributed by atoms with E-state index >= 15 is 0 Å². The summed E-state index contributed by atoms with van der Waals surface area (Å²) in [5, 5.41) is 8.47. The molecule has 0 bridgehead atoms. The first-order chi connectivity index (χ1) is 10.2. The standard InChI is InChI=1S/C12H9ClFN3O4S/c1-15-10(20)17(11(21)16(2)12(15)22)8-6(14)4-3-5(7(8)13)9(18)19/h3-4H,1-2H3,(H,18,19). The summed E-state index contributed by atoms with van der Waals surface area (Å²) < 4.78 is 16.3. The van der Waals surface area contributed by atoms with Crippen LogP contribution in [-0.2, 0) is 14.1 Å². The Labute approximate surface area is 132 Å². The highest BCUT2D eigenvalue weighted by Crippen LogP contribution is 2.26. The molecule has 1 N–H and O–H groups in total. The average Bonchev–Trinajstić information content (AvgIpc) is 2.46. The van der Waals surface area contributed by atoms with Crippen molar-refractivity contribution in [1.82, 2.24) is 13.7 Å². The van der Waals surface area contributed by atoms with Crippen LogP contribution in [0.5, 0.6) is 0 Å². The largest absolute Gasteiger partial charge is 0.478 e. The lowest BCUT2D eigenvalue weighted by atomic mass is 10.2. The molecule has 1 heterocycles. The molecule has 0 saturated carbocycles. The number of hydrogen-bond donors (Lipinski definition) is 1. The number of aromatic nitrogens is 3. The van der Waals surface area contributed by atoms with E-state index in [4.69, 9.17) is 28.9 Å². The highest BCUT2D eigenvalue weighted by Gasteiger charge is 2.22. The molecular formula is C12H9ClFN3O4S. The van der Waals surface area contributed by atoms with Crippen molar-refractivity contribution in [3.05, 3.63) is 54.3 Å². The van der Waals surface area contributed by atoms with Crippen LogP contribution in [0.4, 0.5) is 4.39 Å². The third-order valence-corrected chi connectivity index (χ3v) is 3.98. The number of hydrogen-bond acceptors (Lipinski definition) is 4. The molecular weight excluding hydrogens is 337 g/mol. The molecule has 22 heavy (non-hydrogen) atoms. The van der Waals surface area contributed by atoms with Gasteiger partial charge in [-0.3, -0.25) is 9.13 Å². The number of carboxylic acids is 1. The van der Waals surface area contributed by atoms with Gasteiger partial charge in [0, 0.05) is 14.1 Å². The van der Waals surface area contributed by atoms with Gasteiger partial charge in [0.2, 0.25) is 0 Å². The molecule has 7 nitrogen and oxygen atoms in total. The highest BCUT2D eigenvalue weighted by molar-refractivity contribution is 7.71. The number of aromatic carboxylic acids is 1. The van der Waals surface area contributed by atoms with E-state index in [0.717, 1.165) is 21.3 Å². The van der Waals surface area contributed by atoms with Gasteiger partial charge in [-0.15, -0.1) is 0 Å². The van der Waals surface area contributed by atoms with Crippen molar-refractivity contribution in [2.75, 3.05) is 0 Å². The lowest BCUT2D eigenvalue weighted by Gasteiger charge is -2.13. The zero-order valence-corrected chi connectivity index (χ0v) is 12.9. The van der Waals surface area contributed by atoms with Crippen molar-refractivity contribution in [3.8, 4) is 5.69 Å². The van der Waals surface area contributed by atoms with Crippen molar-refractivity contribution in [1.29, 1.82) is 0 Å². The van der Waals surface area contributed by atoms with Crippen molar-refractivity contribution >= 4 is 29.8 Å². The summed E-state index contributed by atoms with van der Waals surface area (Å²) in [6, 6.07) is 1.76. The first kappa shape index (κ1) is 16.1. The van der Waals surface area contributed by atoms with E-state index in [1.165, 1.54) is 14.1 Å². The second-order valence-corrected chi connectivity index (χ2v) is 5.11. The summed E-state index contributed by atoms with van der Waals surface area (Å²) in [5.41, 5.74) is -2.93. The van der Waals surface area contributed by atoms with Crippen molar-refractivity contribution in [2.45, 2.75) is 0 Å². The van der Waals surface area contributed by atoms with E-state index in [1.807, 2.05) is 0 Å². The number of halogens is 2. The fourth-order valence-electron chi connectivity index (χ4n) is 1.87. The molecule has 0 saturated heterocycles. The van der Waals surface area contributed by atoms with Crippen LogP contribution >= 0.6 is 23.8 Å². The quantitative estimate of drug-likeness (QED) is 0.824. The van der Waals surface area contributed by atoms with Crippen LogP contribution in [0, 0.1) is 10.6 Å². The van der Waals surface area contributed by atoms with Crippen LogP contribution in [0.25, 0.3) is 5.69 Å². The molecule has 0 fully saturated rings. The zero-order valence-electron chi connectivity index (χ0n) is 11.3. The Bertz CT molecular complexity index is 936. The molecule has 2 rings (SSSR count). The Morgan fingerprint density at radius 2 is 1.73 bits per heavy atom. The van der Waals surface area contributed by atoms with Crippen LogP contribution in [-0.4, -0.2) is 24.8 Å². The van der Waals surface area contributed by atoms with Gasteiger partial charge in [-0.2, -0.15) is 0 Å². The Kier molecular flexibility index (Phi) is 4.03. The number of rotatable bonds is 2. The Morgan fingerprint density at radius 1 is 1.23 bits per heavy atom. The monoisotopic (exact) mass is 345 g/mol. The summed E-state index contributed by atoms with van der Waals surface area (Å²) in [5.74, 6) is -2.42. The average molecular weight is 346 g/mol. The van der Waals surface area contributed by atoms with Gasteiger partial charge in [-0.05, 0) is 24.4 Å². The number of carboxylic acid groups (broad SMARTS) is 1. The van der Waals surface area contributed by atoms with Crippen LogP contribution in [0.2, 0.25) is 5.02 Å². The Balaban J connectivity index is 3.06. The molecule has 0 aliphatic rings. The summed E-state index contributed by atoms with van der Waals surface area (Å²) >= 11 is 10.8. The first-order valence-electron chi connectivity index (χ1n) is 5.79.